The lowest BCUT2D eigenvalue weighted by Crippen LogP contribution is -2.24. The molecular formula is C13H15N3O2. The molecule has 0 radical (unpaired) electrons. The van der Waals surface area contributed by atoms with Gasteiger partial charge in [0.2, 0.25) is 5.91 Å². The molecule has 0 aliphatic heterocycles. The molecule has 0 saturated heterocycles. The number of rotatable bonds is 5. The number of pyridine rings is 1. The van der Waals surface area contributed by atoms with Crippen LogP contribution in [-0.4, -0.2) is 35.6 Å². The summed E-state index contributed by atoms with van der Waals surface area (Å²) < 4.78 is 6.76. The predicted octanol–water partition coefficient (Wildman–Crippen LogP) is 1.11. The van der Waals surface area contributed by atoms with Crippen molar-refractivity contribution in [2.75, 3.05) is 20.3 Å². The molecule has 94 valence electrons. The molecule has 0 fully saturated rings. The first-order chi connectivity index (χ1) is 8.81. The van der Waals surface area contributed by atoms with Gasteiger partial charge in [0.1, 0.15) is 5.65 Å². The van der Waals surface area contributed by atoms with Crippen LogP contribution >= 0.6 is 0 Å². The molecule has 0 spiro atoms. The molecule has 5 nitrogen and oxygen atoms in total. The number of methoxy groups -OCH3 is 1. The number of ether oxygens (including phenoxy) is 1. The third-order valence-electron chi connectivity index (χ3n) is 2.46. The first kappa shape index (κ1) is 12.3. The molecular weight excluding hydrogens is 230 g/mol. The van der Waals surface area contributed by atoms with Gasteiger partial charge in [0.25, 0.3) is 0 Å². The predicted molar refractivity (Wildman–Crippen MR) is 69.1 cm³/mol. The molecule has 18 heavy (non-hydrogen) atoms. The molecule has 0 bridgehead atoms. The SMILES string of the molecule is COCCNC(=O)/C=C/c1cnc2ccccn12. The summed E-state index contributed by atoms with van der Waals surface area (Å²) in [5.41, 5.74) is 1.73. The molecule has 0 unspecified atom stereocenters. The van der Waals surface area contributed by atoms with Crippen LogP contribution in [0.5, 0.6) is 0 Å². The van der Waals surface area contributed by atoms with Crippen molar-refractivity contribution < 1.29 is 9.53 Å². The van der Waals surface area contributed by atoms with Crippen LogP contribution in [0, 0.1) is 0 Å². The Morgan fingerprint density at radius 1 is 1.56 bits per heavy atom. The van der Waals surface area contributed by atoms with Gasteiger partial charge in [0.05, 0.1) is 18.5 Å². The maximum Gasteiger partial charge on any atom is 0.244 e. The second-order valence-corrected chi connectivity index (χ2v) is 3.73. The number of carbonyl (C=O) groups excluding carboxylic acids is 1. The van der Waals surface area contributed by atoms with Gasteiger partial charge in [0.15, 0.2) is 0 Å². The van der Waals surface area contributed by atoms with Crippen LogP contribution in [0.2, 0.25) is 0 Å². The molecule has 2 aromatic rings. The minimum absolute atomic E-state index is 0.141. The number of amides is 1. The molecule has 2 aromatic heterocycles. The number of aromatic nitrogens is 2. The molecule has 0 aliphatic carbocycles. The maximum absolute atomic E-state index is 11.5. The van der Waals surface area contributed by atoms with Crippen LogP contribution in [0.25, 0.3) is 11.7 Å². The van der Waals surface area contributed by atoms with Gasteiger partial charge in [-0.3, -0.25) is 4.79 Å². The van der Waals surface area contributed by atoms with E-state index in [0.717, 1.165) is 11.3 Å². The number of imidazole rings is 1. The van der Waals surface area contributed by atoms with Crippen molar-refractivity contribution in [3.8, 4) is 0 Å². The van der Waals surface area contributed by atoms with Crippen LogP contribution in [0.1, 0.15) is 5.69 Å². The first-order valence-electron chi connectivity index (χ1n) is 5.68. The summed E-state index contributed by atoms with van der Waals surface area (Å²) in [6.45, 7) is 1.02. The monoisotopic (exact) mass is 245 g/mol. The van der Waals surface area contributed by atoms with Crippen LogP contribution in [-0.2, 0) is 9.53 Å². The Morgan fingerprint density at radius 2 is 2.44 bits per heavy atom. The van der Waals surface area contributed by atoms with Gasteiger partial charge >= 0.3 is 0 Å². The van der Waals surface area contributed by atoms with E-state index >= 15 is 0 Å². The Labute approximate surface area is 105 Å². The molecule has 0 aliphatic rings. The zero-order chi connectivity index (χ0) is 12.8. The van der Waals surface area contributed by atoms with Crippen LogP contribution in [0.15, 0.2) is 36.7 Å². The molecule has 1 N–H and O–H groups in total. The second-order valence-electron chi connectivity index (χ2n) is 3.73. The third-order valence-corrected chi connectivity index (χ3v) is 2.46. The fourth-order valence-electron chi connectivity index (χ4n) is 1.57. The minimum atomic E-state index is -0.141. The van der Waals surface area contributed by atoms with Gasteiger partial charge in [-0.05, 0) is 18.2 Å². The standard InChI is InChI=1S/C13H15N3O2/c1-18-9-7-14-13(17)6-5-11-10-15-12-4-2-3-8-16(11)12/h2-6,8,10H,7,9H2,1H3,(H,14,17)/b6-5+. The highest BCUT2D eigenvalue weighted by atomic mass is 16.5. The number of nitrogens with zero attached hydrogens (tertiary/aromatic N) is 2. The van der Waals surface area contributed by atoms with Crippen LogP contribution < -0.4 is 5.32 Å². The fraction of sp³-hybridized carbons (Fsp3) is 0.231. The van der Waals surface area contributed by atoms with E-state index in [1.54, 1.807) is 19.4 Å². The van der Waals surface area contributed by atoms with Crippen molar-refractivity contribution in [1.82, 2.24) is 14.7 Å². The number of hydrogen-bond acceptors (Lipinski definition) is 3. The topological polar surface area (TPSA) is 55.6 Å². The van der Waals surface area contributed by atoms with E-state index in [2.05, 4.69) is 10.3 Å². The second kappa shape index (κ2) is 5.97. The average molecular weight is 245 g/mol. The van der Waals surface area contributed by atoms with E-state index in [0.29, 0.717) is 13.2 Å². The zero-order valence-corrected chi connectivity index (χ0v) is 10.2. The van der Waals surface area contributed by atoms with Gasteiger partial charge < -0.3 is 14.5 Å². The molecule has 0 atom stereocenters. The molecule has 1 amide bonds. The lowest BCUT2D eigenvalue weighted by Gasteiger charge is -1.99. The quantitative estimate of drug-likeness (QED) is 0.634. The van der Waals surface area contributed by atoms with Crippen molar-refractivity contribution >= 4 is 17.6 Å². The maximum atomic E-state index is 11.5. The van der Waals surface area contributed by atoms with Gasteiger partial charge in [0, 0.05) is 25.9 Å². The van der Waals surface area contributed by atoms with Crippen molar-refractivity contribution in [1.29, 1.82) is 0 Å². The summed E-state index contributed by atoms with van der Waals surface area (Å²) in [7, 11) is 1.60. The van der Waals surface area contributed by atoms with E-state index < -0.39 is 0 Å². The highest BCUT2D eigenvalue weighted by Gasteiger charge is 1.99. The molecule has 2 heterocycles. The van der Waals surface area contributed by atoms with E-state index in [1.165, 1.54) is 6.08 Å². The molecule has 0 aromatic carbocycles. The van der Waals surface area contributed by atoms with Gasteiger partial charge in [-0.25, -0.2) is 4.98 Å². The first-order valence-corrected chi connectivity index (χ1v) is 5.68. The fourth-order valence-corrected chi connectivity index (χ4v) is 1.57. The van der Waals surface area contributed by atoms with Crippen molar-refractivity contribution in [2.45, 2.75) is 0 Å². The summed E-state index contributed by atoms with van der Waals surface area (Å²) in [5, 5.41) is 2.71. The summed E-state index contributed by atoms with van der Waals surface area (Å²) in [6, 6.07) is 5.76. The normalized spacial score (nSPS) is 11.2. The van der Waals surface area contributed by atoms with E-state index in [-0.39, 0.29) is 5.91 Å². The Hall–Kier alpha value is -2.14. The summed E-state index contributed by atoms with van der Waals surface area (Å²) in [6.07, 6.45) is 6.87. The molecule has 2 rings (SSSR count). The average Bonchev–Trinajstić information content (AvgIpc) is 2.80. The third kappa shape index (κ3) is 2.95. The van der Waals surface area contributed by atoms with Gasteiger partial charge in [-0.15, -0.1) is 0 Å². The van der Waals surface area contributed by atoms with E-state index in [4.69, 9.17) is 4.74 Å². The van der Waals surface area contributed by atoms with Gasteiger partial charge in [-0.1, -0.05) is 6.07 Å². The Morgan fingerprint density at radius 3 is 3.28 bits per heavy atom. The number of nitrogens with one attached hydrogen (secondary N) is 1. The lowest BCUT2D eigenvalue weighted by molar-refractivity contribution is -0.116. The Bertz CT molecular complexity index is 560. The molecule has 0 saturated carbocycles. The van der Waals surface area contributed by atoms with Crippen LogP contribution in [0.3, 0.4) is 0 Å². The largest absolute Gasteiger partial charge is 0.383 e. The number of carbonyl (C=O) groups is 1. The number of fused-ring (bicyclic) bond motifs is 1. The Kier molecular flexibility index (Phi) is 4.09. The van der Waals surface area contributed by atoms with Crippen molar-refractivity contribution in [3.05, 3.63) is 42.4 Å². The van der Waals surface area contributed by atoms with Gasteiger partial charge in [-0.2, -0.15) is 0 Å². The summed E-state index contributed by atoms with van der Waals surface area (Å²) in [4.78, 5) is 15.7. The highest BCUT2D eigenvalue weighted by molar-refractivity contribution is 5.91. The summed E-state index contributed by atoms with van der Waals surface area (Å²) >= 11 is 0. The molecule has 5 heteroatoms. The van der Waals surface area contributed by atoms with Crippen molar-refractivity contribution in [3.63, 3.8) is 0 Å². The summed E-state index contributed by atoms with van der Waals surface area (Å²) in [5.74, 6) is -0.141. The van der Waals surface area contributed by atoms with E-state index in [1.807, 2.05) is 28.8 Å². The van der Waals surface area contributed by atoms with Crippen LogP contribution in [0.4, 0.5) is 0 Å². The minimum Gasteiger partial charge on any atom is -0.383 e. The smallest absolute Gasteiger partial charge is 0.244 e. The van der Waals surface area contributed by atoms with Crippen molar-refractivity contribution in [2.24, 2.45) is 0 Å². The van der Waals surface area contributed by atoms with E-state index in [9.17, 15) is 4.79 Å². The lowest BCUT2D eigenvalue weighted by atomic mass is 10.3. The highest BCUT2D eigenvalue weighted by Crippen LogP contribution is 2.07. The number of hydrogen-bond donors (Lipinski definition) is 1. The zero-order valence-electron chi connectivity index (χ0n) is 10.2. The Balaban J connectivity index is 2.02.